The lowest BCUT2D eigenvalue weighted by molar-refractivity contribution is -0.126. The Morgan fingerprint density at radius 2 is 2.23 bits per heavy atom. The van der Waals surface area contributed by atoms with E-state index in [1.807, 2.05) is 38.1 Å². The van der Waals surface area contributed by atoms with Crippen LogP contribution in [0.2, 0.25) is 0 Å². The van der Waals surface area contributed by atoms with Gasteiger partial charge in [0.1, 0.15) is 12.4 Å². The van der Waals surface area contributed by atoms with Gasteiger partial charge in [0.05, 0.1) is 12.5 Å². The van der Waals surface area contributed by atoms with E-state index in [4.69, 9.17) is 9.26 Å². The van der Waals surface area contributed by atoms with Gasteiger partial charge in [-0.15, -0.1) is 0 Å². The fourth-order valence-electron chi connectivity index (χ4n) is 2.38. The molecule has 1 aliphatic rings. The zero-order valence-electron chi connectivity index (χ0n) is 12.7. The molecule has 2 heterocycles. The third-order valence-electron chi connectivity index (χ3n) is 3.66. The zero-order valence-corrected chi connectivity index (χ0v) is 12.7. The average Bonchev–Trinajstić information content (AvgIpc) is 3.01. The topological polar surface area (TPSA) is 77.2 Å². The zero-order chi connectivity index (χ0) is 15.5. The quantitative estimate of drug-likeness (QED) is 0.935. The maximum absolute atomic E-state index is 12.2. The molecule has 1 aliphatic heterocycles. The van der Waals surface area contributed by atoms with Gasteiger partial charge in [-0.1, -0.05) is 37.2 Å². The number of aromatic nitrogens is 2. The van der Waals surface area contributed by atoms with Crippen LogP contribution in [0.1, 0.15) is 37.0 Å². The van der Waals surface area contributed by atoms with E-state index in [2.05, 4.69) is 15.5 Å². The van der Waals surface area contributed by atoms with E-state index in [1.165, 1.54) is 0 Å². The molecular formula is C16H19N3O3. The maximum atomic E-state index is 12.2. The van der Waals surface area contributed by atoms with Crippen LogP contribution in [0.25, 0.3) is 0 Å². The van der Waals surface area contributed by atoms with Gasteiger partial charge in [0, 0.05) is 5.92 Å². The molecule has 1 unspecified atom stereocenters. The van der Waals surface area contributed by atoms with Crippen LogP contribution in [0.5, 0.6) is 5.75 Å². The van der Waals surface area contributed by atoms with Crippen molar-refractivity contribution in [3.05, 3.63) is 41.5 Å². The Bertz CT molecular complexity index is 666. The minimum Gasteiger partial charge on any atom is -0.492 e. The minimum atomic E-state index is -0.192. The van der Waals surface area contributed by atoms with E-state index in [0.717, 1.165) is 11.3 Å². The van der Waals surface area contributed by atoms with Gasteiger partial charge in [0.2, 0.25) is 11.8 Å². The summed E-state index contributed by atoms with van der Waals surface area (Å²) in [5.41, 5.74) is 1.06. The molecule has 22 heavy (non-hydrogen) atoms. The molecule has 6 nitrogen and oxygen atoms in total. The number of carbonyl (C=O) groups excluding carboxylic acids is 1. The first kappa shape index (κ1) is 14.6. The predicted molar refractivity (Wildman–Crippen MR) is 79.4 cm³/mol. The molecule has 116 valence electrons. The molecule has 2 aromatic rings. The normalized spacial score (nSPS) is 17.0. The number of fused-ring (bicyclic) bond motifs is 1. The number of para-hydroxylation sites is 1. The van der Waals surface area contributed by atoms with Crippen LogP contribution >= 0.6 is 0 Å². The third-order valence-corrected chi connectivity index (χ3v) is 3.66. The van der Waals surface area contributed by atoms with Crippen molar-refractivity contribution in [2.24, 2.45) is 5.92 Å². The first-order valence-electron chi connectivity index (χ1n) is 7.44. The molecular weight excluding hydrogens is 282 g/mol. The highest BCUT2D eigenvalue weighted by atomic mass is 16.5. The average molecular weight is 301 g/mol. The molecule has 3 rings (SSSR count). The number of amides is 1. The van der Waals surface area contributed by atoms with Crippen LogP contribution in [0, 0.1) is 5.92 Å². The number of hydrogen-bond acceptors (Lipinski definition) is 5. The maximum Gasteiger partial charge on any atom is 0.246 e. The number of benzene rings is 1. The van der Waals surface area contributed by atoms with Crippen LogP contribution in [-0.4, -0.2) is 22.7 Å². The summed E-state index contributed by atoms with van der Waals surface area (Å²) in [6, 6.07) is 7.80. The summed E-state index contributed by atoms with van der Waals surface area (Å²) in [5.74, 6) is 1.90. The second kappa shape index (κ2) is 6.17. The molecule has 1 aromatic heterocycles. The molecule has 0 saturated carbocycles. The molecule has 0 aliphatic carbocycles. The van der Waals surface area contributed by atoms with Gasteiger partial charge in [0.15, 0.2) is 5.82 Å². The van der Waals surface area contributed by atoms with Gasteiger partial charge in [-0.05, 0) is 18.1 Å². The summed E-state index contributed by atoms with van der Waals surface area (Å²) in [6.07, 6.45) is 0.684. The molecule has 0 spiro atoms. The number of rotatable bonds is 4. The highest BCUT2D eigenvalue weighted by molar-refractivity contribution is 5.79. The van der Waals surface area contributed by atoms with Crippen molar-refractivity contribution in [2.75, 3.05) is 6.61 Å². The largest absolute Gasteiger partial charge is 0.492 e. The summed E-state index contributed by atoms with van der Waals surface area (Å²) in [4.78, 5) is 16.5. The van der Waals surface area contributed by atoms with E-state index in [-0.39, 0.29) is 24.3 Å². The second-order valence-electron chi connectivity index (χ2n) is 5.74. The minimum absolute atomic E-state index is 0.0567. The van der Waals surface area contributed by atoms with Crippen molar-refractivity contribution < 1.29 is 14.1 Å². The van der Waals surface area contributed by atoms with Crippen molar-refractivity contribution in [1.29, 1.82) is 0 Å². The number of nitrogens with zero attached hydrogens (tertiary/aromatic N) is 2. The molecule has 0 bridgehead atoms. The number of ether oxygens (including phenoxy) is 1. The first-order valence-corrected chi connectivity index (χ1v) is 7.44. The van der Waals surface area contributed by atoms with Crippen LogP contribution in [0.15, 0.2) is 28.8 Å². The van der Waals surface area contributed by atoms with Crippen LogP contribution in [0.3, 0.4) is 0 Å². The van der Waals surface area contributed by atoms with Crippen molar-refractivity contribution in [3.63, 3.8) is 0 Å². The Balaban J connectivity index is 1.56. The molecule has 0 fully saturated rings. The van der Waals surface area contributed by atoms with E-state index in [0.29, 0.717) is 24.7 Å². The van der Waals surface area contributed by atoms with E-state index in [9.17, 15) is 4.79 Å². The molecule has 0 saturated heterocycles. The SMILES string of the molecule is CC(C)c1noc(CNC(=O)C2COc3ccccc3C2)n1. The van der Waals surface area contributed by atoms with Crippen molar-refractivity contribution in [2.45, 2.75) is 32.7 Å². The summed E-state index contributed by atoms with van der Waals surface area (Å²) in [6.45, 7) is 4.62. The number of nitrogens with one attached hydrogen (secondary N) is 1. The predicted octanol–water partition coefficient (Wildman–Crippen LogP) is 2.06. The fourth-order valence-corrected chi connectivity index (χ4v) is 2.38. The standard InChI is InChI=1S/C16H19N3O3/c1-10(2)15-18-14(22-19-15)8-17-16(20)12-7-11-5-3-4-6-13(11)21-9-12/h3-6,10,12H,7-9H2,1-2H3,(H,17,20). The van der Waals surface area contributed by atoms with E-state index in [1.54, 1.807) is 0 Å². The van der Waals surface area contributed by atoms with Crippen molar-refractivity contribution in [1.82, 2.24) is 15.5 Å². The van der Waals surface area contributed by atoms with Crippen LogP contribution in [0.4, 0.5) is 0 Å². The third kappa shape index (κ3) is 3.10. The Morgan fingerprint density at radius 3 is 3.00 bits per heavy atom. The Hall–Kier alpha value is -2.37. The van der Waals surface area contributed by atoms with Gasteiger partial charge in [-0.3, -0.25) is 4.79 Å². The molecule has 0 radical (unpaired) electrons. The second-order valence-corrected chi connectivity index (χ2v) is 5.74. The summed E-state index contributed by atoms with van der Waals surface area (Å²) >= 11 is 0. The lowest BCUT2D eigenvalue weighted by atomic mass is 9.96. The molecule has 6 heteroatoms. The van der Waals surface area contributed by atoms with Gasteiger partial charge >= 0.3 is 0 Å². The summed E-state index contributed by atoms with van der Waals surface area (Å²) < 4.78 is 10.7. The van der Waals surface area contributed by atoms with E-state index >= 15 is 0 Å². The Kier molecular flexibility index (Phi) is 4.09. The fraction of sp³-hybridized carbons (Fsp3) is 0.438. The van der Waals surface area contributed by atoms with Gasteiger partial charge < -0.3 is 14.6 Å². The summed E-state index contributed by atoms with van der Waals surface area (Å²) in [7, 11) is 0. The lowest BCUT2D eigenvalue weighted by Crippen LogP contribution is -2.37. The molecule has 1 aromatic carbocycles. The van der Waals surface area contributed by atoms with Crippen LogP contribution in [-0.2, 0) is 17.8 Å². The monoisotopic (exact) mass is 301 g/mol. The summed E-state index contributed by atoms with van der Waals surface area (Å²) in [5, 5.41) is 6.71. The number of carbonyl (C=O) groups is 1. The highest BCUT2D eigenvalue weighted by Gasteiger charge is 2.25. The number of hydrogen-bond donors (Lipinski definition) is 1. The van der Waals surface area contributed by atoms with Gasteiger partial charge in [-0.2, -0.15) is 4.98 Å². The lowest BCUT2D eigenvalue weighted by Gasteiger charge is -2.24. The Morgan fingerprint density at radius 1 is 1.41 bits per heavy atom. The van der Waals surface area contributed by atoms with Crippen molar-refractivity contribution >= 4 is 5.91 Å². The highest BCUT2D eigenvalue weighted by Crippen LogP contribution is 2.26. The van der Waals surface area contributed by atoms with E-state index < -0.39 is 0 Å². The molecule has 1 N–H and O–H groups in total. The van der Waals surface area contributed by atoms with Gasteiger partial charge in [0.25, 0.3) is 0 Å². The molecule has 1 amide bonds. The smallest absolute Gasteiger partial charge is 0.246 e. The Labute approximate surface area is 128 Å². The molecule has 1 atom stereocenters. The van der Waals surface area contributed by atoms with Gasteiger partial charge in [-0.25, -0.2) is 0 Å². The van der Waals surface area contributed by atoms with Crippen LogP contribution < -0.4 is 10.1 Å². The van der Waals surface area contributed by atoms with Crippen molar-refractivity contribution in [3.8, 4) is 5.75 Å². The first-order chi connectivity index (χ1) is 10.6.